The van der Waals surface area contributed by atoms with Gasteiger partial charge in [-0.25, -0.2) is 0 Å². The molecule has 1 heterocycles. The summed E-state index contributed by atoms with van der Waals surface area (Å²) in [4.78, 5) is 26.0. The molecule has 5 nitrogen and oxygen atoms in total. The van der Waals surface area contributed by atoms with E-state index in [0.717, 1.165) is 13.0 Å². The molecule has 0 aliphatic carbocycles. The average Bonchev–Trinajstić information content (AvgIpc) is 2.59. The van der Waals surface area contributed by atoms with Crippen LogP contribution in [-0.4, -0.2) is 42.4 Å². The van der Waals surface area contributed by atoms with Crippen LogP contribution in [0.1, 0.15) is 61.3 Å². The van der Waals surface area contributed by atoms with Crippen LogP contribution in [0.25, 0.3) is 0 Å². The van der Waals surface area contributed by atoms with E-state index < -0.39 is 5.92 Å². The van der Waals surface area contributed by atoms with Gasteiger partial charge in [-0.1, -0.05) is 65.8 Å². The van der Waals surface area contributed by atoms with Gasteiger partial charge in [0.25, 0.3) is 0 Å². The summed E-state index contributed by atoms with van der Waals surface area (Å²) in [6.07, 6.45) is 9.17. The van der Waals surface area contributed by atoms with Crippen LogP contribution >= 0.6 is 0 Å². The van der Waals surface area contributed by atoms with E-state index in [2.05, 4.69) is 48.9 Å². The molecular weight excluding hydrogens is 350 g/mol. The quantitative estimate of drug-likeness (QED) is 0.583. The topological polar surface area (TPSA) is 70.2 Å². The van der Waals surface area contributed by atoms with Crippen LogP contribution in [0.15, 0.2) is 24.3 Å². The lowest BCUT2D eigenvalue weighted by atomic mass is 9.90. The summed E-state index contributed by atoms with van der Waals surface area (Å²) >= 11 is 0. The van der Waals surface area contributed by atoms with Gasteiger partial charge in [0, 0.05) is 24.5 Å². The van der Waals surface area contributed by atoms with Gasteiger partial charge in [-0.05, 0) is 31.7 Å². The van der Waals surface area contributed by atoms with Crippen LogP contribution in [0.2, 0.25) is 0 Å². The third kappa shape index (κ3) is 8.70. The Balaban J connectivity index is 2.98. The van der Waals surface area contributed by atoms with E-state index in [0.29, 0.717) is 0 Å². The fraction of sp³-hybridized carbons (Fsp3) is 0.739. The first-order valence-electron chi connectivity index (χ1n) is 10.8. The average molecular weight is 392 g/mol. The molecule has 1 amide bonds. The molecule has 0 fully saturated rings. The summed E-state index contributed by atoms with van der Waals surface area (Å²) in [6.45, 7) is 15.3. The molecule has 1 aliphatic rings. The first-order valence-corrected chi connectivity index (χ1v) is 10.8. The number of carbonyl (C=O) groups is 2. The fourth-order valence-electron chi connectivity index (χ4n) is 3.33. The second kappa shape index (κ2) is 12.2. The molecule has 0 spiro atoms. The Hall–Kier alpha value is -1.46. The van der Waals surface area contributed by atoms with Crippen LogP contribution in [0, 0.1) is 17.8 Å². The van der Waals surface area contributed by atoms with Gasteiger partial charge in [0.1, 0.15) is 0 Å². The number of Topliss-reactive ketones (excluding diaryl/α,β-unsaturated/α-hetero) is 1. The standard InChI is InChI=1S/C23H41N3O2/c1-15(2)20-12-11-18(7)24-13-9-8-10-19(23(28)26-20)14-21(27)22(16(3)4)25-17(5)6/h8,10-12,15-20,22,24-25H,9,13-14H2,1-7H3,(H,26,28)/b10-8+,12-11+/t18?,19-,20-,22+/m1/s1. The Bertz CT molecular complexity index is 552. The molecule has 0 radical (unpaired) electrons. The molecular formula is C23H41N3O2. The highest BCUT2D eigenvalue weighted by Crippen LogP contribution is 2.15. The van der Waals surface area contributed by atoms with Crippen molar-refractivity contribution < 1.29 is 9.59 Å². The van der Waals surface area contributed by atoms with Crippen molar-refractivity contribution in [3.63, 3.8) is 0 Å². The maximum Gasteiger partial charge on any atom is 0.227 e. The van der Waals surface area contributed by atoms with Gasteiger partial charge < -0.3 is 16.0 Å². The Morgan fingerprint density at radius 1 is 1.14 bits per heavy atom. The molecule has 5 heteroatoms. The van der Waals surface area contributed by atoms with E-state index in [1.807, 2.05) is 39.8 Å². The van der Waals surface area contributed by atoms with Crippen molar-refractivity contribution in [1.29, 1.82) is 0 Å². The largest absolute Gasteiger partial charge is 0.349 e. The SMILES string of the molecule is CC(C)N[C@H](C(=O)C[C@H]1/C=C/CCNC(C)/C=C/[C@H](C(C)C)NC1=O)C(C)C. The van der Waals surface area contributed by atoms with Crippen molar-refractivity contribution >= 4 is 11.7 Å². The zero-order valence-electron chi connectivity index (χ0n) is 18.8. The van der Waals surface area contributed by atoms with Gasteiger partial charge in [-0.3, -0.25) is 9.59 Å². The lowest BCUT2D eigenvalue weighted by Crippen LogP contribution is -2.46. The van der Waals surface area contributed by atoms with Crippen LogP contribution in [0.4, 0.5) is 0 Å². The van der Waals surface area contributed by atoms with Gasteiger partial charge in [0.2, 0.25) is 5.91 Å². The van der Waals surface area contributed by atoms with E-state index in [9.17, 15) is 9.59 Å². The molecule has 4 atom stereocenters. The molecule has 0 aromatic rings. The van der Waals surface area contributed by atoms with Gasteiger partial charge in [0.05, 0.1) is 12.0 Å². The van der Waals surface area contributed by atoms with Crippen molar-refractivity contribution in [3.05, 3.63) is 24.3 Å². The van der Waals surface area contributed by atoms with Gasteiger partial charge >= 0.3 is 0 Å². The minimum absolute atomic E-state index is 0.0446. The zero-order valence-corrected chi connectivity index (χ0v) is 18.8. The number of hydrogen-bond donors (Lipinski definition) is 3. The Labute approximate surface area is 171 Å². The number of amides is 1. The molecule has 0 bridgehead atoms. The molecule has 0 aromatic carbocycles. The van der Waals surface area contributed by atoms with Gasteiger partial charge in [-0.2, -0.15) is 0 Å². The molecule has 1 aliphatic heterocycles. The molecule has 0 aromatic heterocycles. The highest BCUT2D eigenvalue weighted by atomic mass is 16.2. The molecule has 1 rings (SSSR count). The number of carbonyl (C=O) groups excluding carboxylic acids is 2. The van der Waals surface area contributed by atoms with E-state index >= 15 is 0 Å². The third-order valence-corrected chi connectivity index (χ3v) is 5.06. The summed E-state index contributed by atoms with van der Waals surface area (Å²) in [6, 6.07) is 0.209. The highest BCUT2D eigenvalue weighted by molar-refractivity contribution is 5.91. The second-order valence-corrected chi connectivity index (χ2v) is 8.94. The van der Waals surface area contributed by atoms with Crippen LogP contribution in [-0.2, 0) is 9.59 Å². The summed E-state index contributed by atoms with van der Waals surface area (Å²) < 4.78 is 0. The maximum absolute atomic E-state index is 13.0. The first-order chi connectivity index (χ1) is 13.1. The predicted molar refractivity (Wildman–Crippen MR) is 117 cm³/mol. The number of ketones is 1. The van der Waals surface area contributed by atoms with Gasteiger partial charge in [-0.15, -0.1) is 0 Å². The molecule has 0 saturated heterocycles. The Morgan fingerprint density at radius 3 is 2.39 bits per heavy atom. The Kier molecular flexibility index (Phi) is 10.7. The normalized spacial score (nSPS) is 27.8. The second-order valence-electron chi connectivity index (χ2n) is 8.94. The highest BCUT2D eigenvalue weighted by Gasteiger charge is 2.28. The smallest absolute Gasteiger partial charge is 0.227 e. The summed E-state index contributed by atoms with van der Waals surface area (Å²) in [5.74, 6) is 0.0614. The van der Waals surface area contributed by atoms with Crippen LogP contribution in [0.5, 0.6) is 0 Å². The summed E-state index contributed by atoms with van der Waals surface area (Å²) in [5, 5.41) is 9.95. The monoisotopic (exact) mass is 391 g/mol. The fourth-order valence-corrected chi connectivity index (χ4v) is 3.33. The molecule has 160 valence electrons. The van der Waals surface area contributed by atoms with E-state index in [1.165, 1.54) is 0 Å². The minimum atomic E-state index is -0.436. The van der Waals surface area contributed by atoms with E-state index in [4.69, 9.17) is 0 Å². The van der Waals surface area contributed by atoms with Crippen molar-refractivity contribution in [2.45, 2.75) is 85.5 Å². The number of rotatable bonds is 7. The minimum Gasteiger partial charge on any atom is -0.349 e. The molecule has 1 unspecified atom stereocenters. The Morgan fingerprint density at radius 2 is 1.82 bits per heavy atom. The zero-order chi connectivity index (χ0) is 21.3. The summed E-state index contributed by atoms with van der Waals surface area (Å²) in [7, 11) is 0. The van der Waals surface area contributed by atoms with E-state index in [-0.39, 0.29) is 54.1 Å². The molecule has 0 saturated carbocycles. The third-order valence-electron chi connectivity index (χ3n) is 5.06. The van der Waals surface area contributed by atoms with Gasteiger partial charge in [0.15, 0.2) is 5.78 Å². The lowest BCUT2D eigenvalue weighted by Gasteiger charge is -2.26. The predicted octanol–water partition coefficient (Wildman–Crippen LogP) is 3.22. The van der Waals surface area contributed by atoms with Crippen molar-refractivity contribution in [1.82, 2.24) is 16.0 Å². The number of nitrogens with one attached hydrogen (secondary N) is 3. The van der Waals surface area contributed by atoms with Crippen molar-refractivity contribution in [3.8, 4) is 0 Å². The van der Waals surface area contributed by atoms with Crippen molar-refractivity contribution in [2.75, 3.05) is 6.54 Å². The van der Waals surface area contributed by atoms with E-state index in [1.54, 1.807) is 0 Å². The van der Waals surface area contributed by atoms with Crippen LogP contribution < -0.4 is 16.0 Å². The van der Waals surface area contributed by atoms with Crippen LogP contribution in [0.3, 0.4) is 0 Å². The molecule has 3 N–H and O–H groups in total. The first kappa shape index (κ1) is 24.6. The number of hydrogen-bond acceptors (Lipinski definition) is 4. The lowest BCUT2D eigenvalue weighted by molar-refractivity contribution is -0.129. The molecule has 28 heavy (non-hydrogen) atoms. The summed E-state index contributed by atoms with van der Waals surface area (Å²) in [5.41, 5.74) is 0. The maximum atomic E-state index is 13.0. The van der Waals surface area contributed by atoms with Crippen molar-refractivity contribution in [2.24, 2.45) is 17.8 Å².